The van der Waals surface area contributed by atoms with Crippen LogP contribution in [0, 0.1) is 5.82 Å². The van der Waals surface area contributed by atoms with Crippen LogP contribution >= 0.6 is 7.60 Å². The summed E-state index contributed by atoms with van der Waals surface area (Å²) in [4.78, 5) is 19.0. The van der Waals surface area contributed by atoms with Gasteiger partial charge in [0.2, 0.25) is 0 Å². The van der Waals surface area contributed by atoms with Crippen LogP contribution in [-0.2, 0) is 11.1 Å². The molecule has 0 spiro atoms. The van der Waals surface area contributed by atoms with Gasteiger partial charge >= 0.3 is 7.60 Å². The van der Waals surface area contributed by atoms with E-state index in [1.165, 1.54) is 19.2 Å². The van der Waals surface area contributed by atoms with E-state index in [1.54, 1.807) is 0 Å². The molecule has 0 fully saturated rings. The van der Waals surface area contributed by atoms with Crippen LogP contribution in [0.2, 0.25) is 0 Å². The fraction of sp³-hybridized carbons (Fsp3) is 0.200. The van der Waals surface area contributed by atoms with Crippen molar-refractivity contribution in [1.29, 1.82) is 0 Å². The predicted octanol–water partition coefficient (Wildman–Crippen LogP) is 2.80. The van der Waals surface area contributed by atoms with Crippen LogP contribution in [0.4, 0.5) is 4.39 Å². The zero-order valence-corrected chi connectivity index (χ0v) is 12.8. The molecule has 0 aliphatic heterocycles. The van der Waals surface area contributed by atoms with Gasteiger partial charge in [-0.05, 0) is 23.3 Å². The number of benzene rings is 2. The Morgan fingerprint density at radius 3 is 2.45 bits per heavy atom. The van der Waals surface area contributed by atoms with E-state index in [0.29, 0.717) is 0 Å². The lowest BCUT2D eigenvalue weighted by Crippen LogP contribution is -2.21. The molecular weight excluding hydrogens is 308 g/mol. The maximum atomic E-state index is 13.8. The smallest absolute Gasteiger partial charge is 0.346 e. The first-order valence-electron chi connectivity index (χ1n) is 6.58. The normalized spacial score (nSPS) is 12.9. The highest BCUT2D eigenvalue weighted by molar-refractivity contribution is 7.52. The second kappa shape index (κ2) is 7.03. The standard InChI is InChI=1S/C15H17FNO4P/c1-21-14-8-7-12(9-13(14)16)15(22(18,19)20)17-10-11-5-3-2-4-6-11/h2-9,15,17H,10H2,1H3,(H2,18,19,20)/t15-/m0/s1. The molecule has 0 amide bonds. The fourth-order valence-electron chi connectivity index (χ4n) is 2.09. The van der Waals surface area contributed by atoms with Crippen molar-refractivity contribution in [3.63, 3.8) is 0 Å². The zero-order valence-electron chi connectivity index (χ0n) is 11.9. The third-order valence-corrected chi connectivity index (χ3v) is 4.32. The third kappa shape index (κ3) is 4.15. The Hall–Kier alpha value is -1.72. The molecule has 2 aromatic carbocycles. The van der Waals surface area contributed by atoms with Gasteiger partial charge in [0.25, 0.3) is 0 Å². The quantitative estimate of drug-likeness (QED) is 0.712. The molecule has 2 rings (SSSR count). The van der Waals surface area contributed by atoms with Crippen molar-refractivity contribution in [2.75, 3.05) is 7.11 Å². The first kappa shape index (κ1) is 16.6. The molecule has 3 N–H and O–H groups in total. The number of methoxy groups -OCH3 is 1. The summed E-state index contributed by atoms with van der Waals surface area (Å²) < 4.78 is 30.3. The van der Waals surface area contributed by atoms with Gasteiger partial charge in [0.05, 0.1) is 7.11 Å². The Labute approximate surface area is 127 Å². The summed E-state index contributed by atoms with van der Waals surface area (Å²) in [6.07, 6.45) is 0. The highest BCUT2D eigenvalue weighted by Crippen LogP contribution is 2.50. The molecule has 0 heterocycles. The maximum absolute atomic E-state index is 13.8. The minimum Gasteiger partial charge on any atom is -0.494 e. The van der Waals surface area contributed by atoms with E-state index in [1.807, 2.05) is 30.3 Å². The SMILES string of the molecule is COc1ccc([C@@H](NCc2ccccc2)P(=O)(O)O)cc1F. The predicted molar refractivity (Wildman–Crippen MR) is 81.0 cm³/mol. The lowest BCUT2D eigenvalue weighted by Gasteiger charge is -2.21. The third-order valence-electron chi connectivity index (χ3n) is 3.17. The van der Waals surface area contributed by atoms with Crippen LogP contribution in [0.5, 0.6) is 5.75 Å². The Balaban J connectivity index is 2.23. The fourth-order valence-corrected chi connectivity index (χ4v) is 2.97. The van der Waals surface area contributed by atoms with Crippen molar-refractivity contribution < 1.29 is 23.5 Å². The molecule has 7 heteroatoms. The summed E-state index contributed by atoms with van der Waals surface area (Å²) in [7, 11) is -3.17. The Kier molecular flexibility index (Phi) is 5.32. The number of ether oxygens (including phenoxy) is 1. The van der Waals surface area contributed by atoms with E-state index in [9.17, 15) is 18.7 Å². The molecular formula is C15H17FNO4P. The van der Waals surface area contributed by atoms with Crippen LogP contribution in [0.25, 0.3) is 0 Å². The van der Waals surface area contributed by atoms with Gasteiger partial charge in [0.15, 0.2) is 11.6 Å². The second-order valence-corrected chi connectivity index (χ2v) is 6.45. The van der Waals surface area contributed by atoms with Gasteiger partial charge in [-0.1, -0.05) is 36.4 Å². The summed E-state index contributed by atoms with van der Waals surface area (Å²) in [5.74, 6) is -1.93. The Bertz CT molecular complexity index is 674. The average molecular weight is 325 g/mol. The number of rotatable bonds is 6. The minimum absolute atomic E-state index is 0.0243. The highest BCUT2D eigenvalue weighted by Gasteiger charge is 2.30. The van der Waals surface area contributed by atoms with Crippen molar-refractivity contribution in [1.82, 2.24) is 5.32 Å². The molecule has 0 aliphatic carbocycles. The molecule has 0 bridgehead atoms. The van der Waals surface area contributed by atoms with Crippen molar-refractivity contribution in [2.24, 2.45) is 0 Å². The van der Waals surface area contributed by atoms with Gasteiger partial charge in [0, 0.05) is 6.54 Å². The van der Waals surface area contributed by atoms with Crippen LogP contribution in [0.15, 0.2) is 48.5 Å². The van der Waals surface area contributed by atoms with Gasteiger partial charge in [-0.25, -0.2) is 4.39 Å². The van der Waals surface area contributed by atoms with Crippen LogP contribution in [0.1, 0.15) is 16.9 Å². The van der Waals surface area contributed by atoms with Gasteiger partial charge < -0.3 is 14.5 Å². The molecule has 0 aromatic heterocycles. The van der Waals surface area contributed by atoms with Crippen LogP contribution in [0.3, 0.4) is 0 Å². The average Bonchev–Trinajstić information content (AvgIpc) is 2.47. The summed E-state index contributed by atoms with van der Waals surface area (Å²) >= 11 is 0. The van der Waals surface area contributed by atoms with E-state index < -0.39 is 19.2 Å². The number of nitrogens with one attached hydrogen (secondary N) is 1. The van der Waals surface area contributed by atoms with E-state index in [0.717, 1.165) is 11.6 Å². The summed E-state index contributed by atoms with van der Waals surface area (Å²) in [6, 6.07) is 13.0. The molecule has 0 saturated heterocycles. The molecule has 5 nitrogen and oxygen atoms in total. The van der Waals surface area contributed by atoms with Crippen molar-refractivity contribution in [3.8, 4) is 5.75 Å². The largest absolute Gasteiger partial charge is 0.494 e. The molecule has 0 saturated carbocycles. The number of halogens is 1. The Morgan fingerprint density at radius 1 is 1.23 bits per heavy atom. The number of hydrogen-bond acceptors (Lipinski definition) is 3. The van der Waals surface area contributed by atoms with E-state index in [-0.39, 0.29) is 17.9 Å². The van der Waals surface area contributed by atoms with Gasteiger partial charge in [-0.2, -0.15) is 0 Å². The van der Waals surface area contributed by atoms with E-state index in [4.69, 9.17) is 4.74 Å². The van der Waals surface area contributed by atoms with Gasteiger partial charge in [-0.15, -0.1) is 0 Å². The summed E-state index contributed by atoms with van der Waals surface area (Å²) in [5.41, 5.74) is 1.04. The molecule has 1 atom stereocenters. The molecule has 22 heavy (non-hydrogen) atoms. The van der Waals surface area contributed by atoms with Crippen molar-refractivity contribution in [3.05, 3.63) is 65.5 Å². The summed E-state index contributed by atoms with van der Waals surface area (Å²) in [5, 5.41) is 2.79. The molecule has 118 valence electrons. The zero-order chi connectivity index (χ0) is 16.2. The second-order valence-electron chi connectivity index (χ2n) is 4.75. The van der Waals surface area contributed by atoms with E-state index >= 15 is 0 Å². The van der Waals surface area contributed by atoms with Crippen molar-refractivity contribution in [2.45, 2.75) is 12.3 Å². The number of hydrogen-bond donors (Lipinski definition) is 3. The topological polar surface area (TPSA) is 78.8 Å². The van der Waals surface area contributed by atoms with Crippen LogP contribution < -0.4 is 10.1 Å². The summed E-state index contributed by atoms with van der Waals surface area (Å²) in [6.45, 7) is 0.254. The van der Waals surface area contributed by atoms with Crippen molar-refractivity contribution >= 4 is 7.60 Å². The van der Waals surface area contributed by atoms with E-state index in [2.05, 4.69) is 5.32 Å². The first-order valence-corrected chi connectivity index (χ1v) is 8.26. The first-order chi connectivity index (χ1) is 10.4. The lowest BCUT2D eigenvalue weighted by molar-refractivity contribution is 0.346. The molecule has 0 unspecified atom stereocenters. The lowest BCUT2D eigenvalue weighted by atomic mass is 10.2. The molecule has 0 radical (unpaired) electrons. The minimum atomic E-state index is -4.50. The molecule has 0 aliphatic rings. The maximum Gasteiger partial charge on any atom is 0.346 e. The van der Waals surface area contributed by atoms with Gasteiger partial charge in [-0.3, -0.25) is 9.88 Å². The van der Waals surface area contributed by atoms with Gasteiger partial charge in [0.1, 0.15) is 5.78 Å². The monoisotopic (exact) mass is 325 g/mol. The highest BCUT2D eigenvalue weighted by atomic mass is 31.2. The van der Waals surface area contributed by atoms with Crippen LogP contribution in [-0.4, -0.2) is 16.9 Å². The molecule has 2 aromatic rings. The Morgan fingerprint density at radius 2 is 1.91 bits per heavy atom.